The summed E-state index contributed by atoms with van der Waals surface area (Å²) >= 11 is 3.54. The minimum absolute atomic E-state index is 0.337. The Bertz CT molecular complexity index is 466. The van der Waals surface area contributed by atoms with Crippen molar-refractivity contribution in [2.24, 2.45) is 5.41 Å². The number of nitrogens with one attached hydrogen (secondary N) is 1. The number of hydrogen-bond donors (Lipinski definition) is 1. The minimum atomic E-state index is -0.337. The van der Waals surface area contributed by atoms with Crippen LogP contribution in [-0.4, -0.2) is 13.2 Å². The second-order valence-electron chi connectivity index (χ2n) is 5.54. The molecule has 1 aromatic carbocycles. The highest BCUT2D eigenvalue weighted by Crippen LogP contribution is 2.27. The molecule has 0 unspecified atom stereocenters. The molecule has 0 saturated carbocycles. The molecule has 0 fully saturated rings. The van der Waals surface area contributed by atoms with Crippen LogP contribution in [0.1, 0.15) is 39.2 Å². The lowest BCUT2D eigenvalue weighted by atomic mass is 9.92. The molecular formula is C16H23BrN2O. The summed E-state index contributed by atoms with van der Waals surface area (Å²) in [6.45, 7) is 8.45. The van der Waals surface area contributed by atoms with Crippen LogP contribution < -0.4 is 10.1 Å². The van der Waals surface area contributed by atoms with Gasteiger partial charge < -0.3 is 10.1 Å². The van der Waals surface area contributed by atoms with Gasteiger partial charge in [-0.05, 0) is 66.9 Å². The van der Waals surface area contributed by atoms with E-state index in [1.54, 1.807) is 0 Å². The van der Waals surface area contributed by atoms with E-state index in [9.17, 15) is 0 Å². The fourth-order valence-corrected chi connectivity index (χ4v) is 2.19. The summed E-state index contributed by atoms with van der Waals surface area (Å²) in [5.74, 6) is 0.831. The summed E-state index contributed by atoms with van der Waals surface area (Å²) in [4.78, 5) is 0. The minimum Gasteiger partial charge on any atom is -0.492 e. The number of nitrogens with zero attached hydrogens (tertiary/aromatic N) is 1. The third-order valence-corrected chi connectivity index (χ3v) is 3.66. The normalized spacial score (nSPS) is 11.2. The zero-order chi connectivity index (χ0) is 15.0. The van der Waals surface area contributed by atoms with Crippen molar-refractivity contribution in [1.82, 2.24) is 5.32 Å². The van der Waals surface area contributed by atoms with Crippen molar-refractivity contribution in [3.8, 4) is 11.8 Å². The van der Waals surface area contributed by atoms with Crippen molar-refractivity contribution in [3.63, 3.8) is 0 Å². The molecule has 0 aliphatic carbocycles. The molecule has 0 spiro atoms. The van der Waals surface area contributed by atoms with Crippen molar-refractivity contribution in [1.29, 1.82) is 5.26 Å². The maximum Gasteiger partial charge on any atom is 0.133 e. The predicted molar refractivity (Wildman–Crippen MR) is 85.6 cm³/mol. The van der Waals surface area contributed by atoms with Gasteiger partial charge in [0.05, 0.1) is 22.6 Å². The molecule has 0 radical (unpaired) electrons. The Morgan fingerprint density at radius 2 is 2.15 bits per heavy atom. The maximum absolute atomic E-state index is 8.96. The van der Waals surface area contributed by atoms with E-state index in [4.69, 9.17) is 10.00 Å². The molecule has 0 atom stereocenters. The van der Waals surface area contributed by atoms with E-state index in [1.165, 1.54) is 5.56 Å². The Morgan fingerprint density at radius 1 is 1.40 bits per heavy atom. The number of halogens is 1. The molecule has 1 N–H and O–H groups in total. The largest absolute Gasteiger partial charge is 0.492 e. The zero-order valence-corrected chi connectivity index (χ0v) is 14.1. The molecule has 0 bridgehead atoms. The molecule has 0 saturated heterocycles. The number of ether oxygens (including phenoxy) is 1. The first-order chi connectivity index (χ1) is 9.48. The van der Waals surface area contributed by atoms with E-state index in [0.29, 0.717) is 6.61 Å². The fourth-order valence-electron chi connectivity index (χ4n) is 1.65. The number of hydrogen-bond acceptors (Lipinski definition) is 3. The Kier molecular flexibility index (Phi) is 7.04. The van der Waals surface area contributed by atoms with Gasteiger partial charge in [0.2, 0.25) is 0 Å². The lowest BCUT2D eigenvalue weighted by Crippen LogP contribution is -2.14. The van der Waals surface area contributed by atoms with E-state index in [0.717, 1.165) is 36.2 Å². The first kappa shape index (κ1) is 17.0. The summed E-state index contributed by atoms with van der Waals surface area (Å²) in [7, 11) is 0. The van der Waals surface area contributed by atoms with Crippen LogP contribution in [0.4, 0.5) is 0 Å². The Hall–Kier alpha value is -1.05. The van der Waals surface area contributed by atoms with Crippen LogP contribution in [0, 0.1) is 16.7 Å². The second kappa shape index (κ2) is 8.28. The molecule has 1 aromatic rings. The molecule has 0 amide bonds. The Labute approximate surface area is 130 Å². The summed E-state index contributed by atoms with van der Waals surface area (Å²) < 4.78 is 6.70. The fraction of sp³-hybridized carbons (Fsp3) is 0.562. The predicted octanol–water partition coefficient (Wildman–Crippen LogP) is 4.27. The maximum atomic E-state index is 8.96. The molecule has 110 valence electrons. The molecule has 0 aliphatic heterocycles. The SMILES string of the molecule is CCCNCc1ccc(OCCC(C)(C)C#N)c(Br)c1. The van der Waals surface area contributed by atoms with Crippen LogP contribution in [0.5, 0.6) is 5.75 Å². The summed E-state index contributed by atoms with van der Waals surface area (Å²) in [5.41, 5.74) is 0.895. The van der Waals surface area contributed by atoms with E-state index < -0.39 is 0 Å². The van der Waals surface area contributed by atoms with Gasteiger partial charge >= 0.3 is 0 Å². The highest BCUT2D eigenvalue weighted by atomic mass is 79.9. The first-order valence-electron chi connectivity index (χ1n) is 7.01. The Morgan fingerprint density at radius 3 is 2.75 bits per heavy atom. The van der Waals surface area contributed by atoms with E-state index in [-0.39, 0.29) is 5.41 Å². The van der Waals surface area contributed by atoms with Crippen molar-refractivity contribution < 1.29 is 4.74 Å². The number of nitriles is 1. The third-order valence-electron chi connectivity index (χ3n) is 3.04. The average Bonchev–Trinajstić information content (AvgIpc) is 2.41. The topological polar surface area (TPSA) is 45.0 Å². The molecule has 3 nitrogen and oxygen atoms in total. The lowest BCUT2D eigenvalue weighted by Gasteiger charge is -2.16. The van der Waals surface area contributed by atoms with Crippen molar-refractivity contribution in [3.05, 3.63) is 28.2 Å². The molecule has 4 heteroatoms. The quantitative estimate of drug-likeness (QED) is 0.720. The van der Waals surface area contributed by atoms with Crippen LogP contribution >= 0.6 is 15.9 Å². The van der Waals surface area contributed by atoms with Crippen LogP contribution in [-0.2, 0) is 6.54 Å². The standard InChI is InChI=1S/C16H23BrN2O/c1-4-8-19-11-13-5-6-15(14(17)10-13)20-9-7-16(2,3)12-18/h5-6,10,19H,4,7-9,11H2,1-3H3. The molecule has 20 heavy (non-hydrogen) atoms. The van der Waals surface area contributed by atoms with Gasteiger partial charge in [-0.2, -0.15) is 5.26 Å². The Balaban J connectivity index is 2.50. The molecule has 0 heterocycles. The lowest BCUT2D eigenvalue weighted by molar-refractivity contribution is 0.263. The van der Waals surface area contributed by atoms with Crippen molar-refractivity contribution in [2.45, 2.75) is 40.2 Å². The molecular weight excluding hydrogens is 316 g/mol. The van der Waals surface area contributed by atoms with Crippen molar-refractivity contribution >= 4 is 15.9 Å². The van der Waals surface area contributed by atoms with E-state index in [1.807, 2.05) is 19.9 Å². The monoisotopic (exact) mass is 338 g/mol. The van der Waals surface area contributed by atoms with Gasteiger partial charge in [0.15, 0.2) is 0 Å². The van der Waals surface area contributed by atoms with Gasteiger partial charge in [-0.3, -0.25) is 0 Å². The third kappa shape index (κ3) is 5.94. The first-order valence-corrected chi connectivity index (χ1v) is 7.81. The summed E-state index contributed by atoms with van der Waals surface area (Å²) in [6.07, 6.45) is 1.85. The van der Waals surface area contributed by atoms with Crippen LogP contribution in [0.2, 0.25) is 0 Å². The number of benzene rings is 1. The van der Waals surface area contributed by atoms with Gasteiger partial charge in [-0.1, -0.05) is 13.0 Å². The second-order valence-corrected chi connectivity index (χ2v) is 6.39. The van der Waals surface area contributed by atoms with Crippen LogP contribution in [0.15, 0.2) is 22.7 Å². The van der Waals surface area contributed by atoms with Crippen molar-refractivity contribution in [2.75, 3.05) is 13.2 Å². The van der Waals surface area contributed by atoms with Gasteiger partial charge in [-0.25, -0.2) is 0 Å². The highest BCUT2D eigenvalue weighted by Gasteiger charge is 2.16. The molecule has 0 aromatic heterocycles. The summed E-state index contributed by atoms with van der Waals surface area (Å²) in [6, 6.07) is 8.40. The summed E-state index contributed by atoms with van der Waals surface area (Å²) in [5, 5.41) is 12.3. The zero-order valence-electron chi connectivity index (χ0n) is 12.5. The molecule has 0 aliphatic rings. The number of rotatable bonds is 8. The van der Waals surface area contributed by atoms with Crippen LogP contribution in [0.3, 0.4) is 0 Å². The van der Waals surface area contributed by atoms with E-state index >= 15 is 0 Å². The van der Waals surface area contributed by atoms with Gasteiger partial charge in [-0.15, -0.1) is 0 Å². The smallest absolute Gasteiger partial charge is 0.133 e. The molecule has 1 rings (SSSR count). The van der Waals surface area contributed by atoms with Gasteiger partial charge in [0.1, 0.15) is 5.75 Å². The van der Waals surface area contributed by atoms with E-state index in [2.05, 4.69) is 46.4 Å². The van der Waals surface area contributed by atoms with Gasteiger partial charge in [0, 0.05) is 6.54 Å². The van der Waals surface area contributed by atoms with Gasteiger partial charge in [0.25, 0.3) is 0 Å². The highest BCUT2D eigenvalue weighted by molar-refractivity contribution is 9.10. The average molecular weight is 339 g/mol. The van der Waals surface area contributed by atoms with Crippen LogP contribution in [0.25, 0.3) is 0 Å².